The predicted molar refractivity (Wildman–Crippen MR) is 74.9 cm³/mol. The lowest BCUT2D eigenvalue weighted by Crippen LogP contribution is -2.28. The lowest BCUT2D eigenvalue weighted by molar-refractivity contribution is -0.384. The molecule has 1 N–H and O–H groups in total. The van der Waals surface area contributed by atoms with Crippen LogP contribution in [0, 0.1) is 28.4 Å². The molecule has 0 atom stereocenters. The fourth-order valence-electron chi connectivity index (χ4n) is 1.55. The van der Waals surface area contributed by atoms with Gasteiger partial charge < -0.3 is 5.32 Å². The van der Waals surface area contributed by atoms with E-state index in [0.717, 1.165) is 12.1 Å². The Kier molecular flexibility index (Phi) is 4.33. The van der Waals surface area contributed by atoms with Gasteiger partial charge in [0.25, 0.3) is 5.69 Å². The molecule has 0 radical (unpaired) electrons. The Morgan fingerprint density at radius 1 is 1.39 bits per heavy atom. The lowest BCUT2D eigenvalue weighted by Gasteiger charge is -2.30. The van der Waals surface area contributed by atoms with Crippen molar-refractivity contribution in [2.45, 2.75) is 34.6 Å². The zero-order valence-electron chi connectivity index (χ0n) is 11.8. The molecule has 1 rings (SSSR count). The van der Waals surface area contributed by atoms with Gasteiger partial charge in [0, 0.05) is 12.6 Å². The molecule has 0 aromatic heterocycles. The second-order valence-electron chi connectivity index (χ2n) is 5.72. The van der Waals surface area contributed by atoms with Crippen LogP contribution in [-0.4, -0.2) is 11.5 Å². The first-order chi connectivity index (χ1) is 8.25. The van der Waals surface area contributed by atoms with Crippen molar-refractivity contribution >= 4 is 11.4 Å². The number of rotatable bonds is 5. The highest BCUT2D eigenvalue weighted by atomic mass is 16.6. The summed E-state index contributed by atoms with van der Waals surface area (Å²) in [5.74, 6) is 0.507. The molecule has 0 spiro atoms. The van der Waals surface area contributed by atoms with E-state index < -0.39 is 0 Å². The smallest absolute Gasteiger partial charge is 0.292 e. The Balaban J connectivity index is 2.95. The van der Waals surface area contributed by atoms with Crippen LogP contribution in [-0.2, 0) is 0 Å². The molecule has 0 aliphatic rings. The standard InChI is InChI=1S/C14H22N2O2/c1-10(2)14(4,5)9-15-13-11(3)7-6-8-12(13)16(17)18/h6-8,10,15H,9H2,1-5H3. The normalized spacial score (nSPS) is 11.7. The van der Waals surface area contributed by atoms with Crippen molar-refractivity contribution in [3.8, 4) is 0 Å². The molecular weight excluding hydrogens is 228 g/mol. The van der Waals surface area contributed by atoms with Gasteiger partial charge >= 0.3 is 0 Å². The second kappa shape index (κ2) is 5.38. The summed E-state index contributed by atoms with van der Waals surface area (Å²) in [6, 6.07) is 5.14. The minimum atomic E-state index is -0.336. The minimum Gasteiger partial charge on any atom is -0.379 e. The molecule has 1 aromatic rings. The summed E-state index contributed by atoms with van der Waals surface area (Å²) in [5.41, 5.74) is 1.78. The molecule has 100 valence electrons. The average Bonchev–Trinajstić information content (AvgIpc) is 2.26. The largest absolute Gasteiger partial charge is 0.379 e. The van der Waals surface area contributed by atoms with Crippen LogP contribution in [0.4, 0.5) is 11.4 Å². The van der Waals surface area contributed by atoms with Crippen molar-refractivity contribution in [1.29, 1.82) is 0 Å². The zero-order chi connectivity index (χ0) is 13.9. The summed E-state index contributed by atoms with van der Waals surface area (Å²) in [6.45, 7) is 11.2. The lowest BCUT2D eigenvalue weighted by atomic mass is 9.81. The van der Waals surface area contributed by atoms with Crippen LogP contribution in [0.1, 0.15) is 33.3 Å². The molecule has 0 amide bonds. The maximum Gasteiger partial charge on any atom is 0.292 e. The predicted octanol–water partition coefficient (Wildman–Crippen LogP) is 4.00. The van der Waals surface area contributed by atoms with Gasteiger partial charge in [-0.2, -0.15) is 0 Å². The highest BCUT2D eigenvalue weighted by Gasteiger charge is 2.24. The summed E-state index contributed by atoms with van der Waals surface area (Å²) in [4.78, 5) is 10.7. The Morgan fingerprint density at radius 2 is 2.00 bits per heavy atom. The summed E-state index contributed by atoms with van der Waals surface area (Å²) < 4.78 is 0. The average molecular weight is 250 g/mol. The van der Waals surface area contributed by atoms with Crippen molar-refractivity contribution in [2.24, 2.45) is 11.3 Å². The van der Waals surface area contributed by atoms with Gasteiger partial charge in [0.05, 0.1) is 4.92 Å². The quantitative estimate of drug-likeness (QED) is 0.634. The van der Waals surface area contributed by atoms with Crippen molar-refractivity contribution < 1.29 is 4.92 Å². The fourth-order valence-corrected chi connectivity index (χ4v) is 1.55. The molecule has 0 saturated carbocycles. The van der Waals surface area contributed by atoms with E-state index in [4.69, 9.17) is 0 Å². The Hall–Kier alpha value is -1.58. The van der Waals surface area contributed by atoms with Gasteiger partial charge in [-0.3, -0.25) is 10.1 Å². The van der Waals surface area contributed by atoms with E-state index in [9.17, 15) is 10.1 Å². The van der Waals surface area contributed by atoms with Crippen LogP contribution in [0.2, 0.25) is 0 Å². The first-order valence-electron chi connectivity index (χ1n) is 6.23. The van der Waals surface area contributed by atoms with Crippen molar-refractivity contribution in [2.75, 3.05) is 11.9 Å². The maximum absolute atomic E-state index is 11.0. The van der Waals surface area contributed by atoms with Gasteiger partial charge in [0.15, 0.2) is 0 Å². The Bertz CT molecular complexity index is 439. The van der Waals surface area contributed by atoms with Crippen LogP contribution in [0.25, 0.3) is 0 Å². The van der Waals surface area contributed by atoms with Crippen LogP contribution in [0.5, 0.6) is 0 Å². The molecule has 0 aliphatic heterocycles. The number of nitro benzene ring substituents is 1. The molecule has 4 nitrogen and oxygen atoms in total. The number of nitrogens with one attached hydrogen (secondary N) is 1. The molecular formula is C14H22N2O2. The third-order valence-electron chi connectivity index (χ3n) is 3.73. The van der Waals surface area contributed by atoms with Crippen LogP contribution >= 0.6 is 0 Å². The first-order valence-corrected chi connectivity index (χ1v) is 6.23. The van der Waals surface area contributed by atoms with Gasteiger partial charge in [-0.05, 0) is 23.8 Å². The van der Waals surface area contributed by atoms with Gasteiger partial charge in [0.1, 0.15) is 5.69 Å². The maximum atomic E-state index is 11.0. The third kappa shape index (κ3) is 3.22. The first kappa shape index (κ1) is 14.5. The fraction of sp³-hybridized carbons (Fsp3) is 0.571. The second-order valence-corrected chi connectivity index (χ2v) is 5.72. The van der Waals surface area contributed by atoms with E-state index in [0.29, 0.717) is 11.6 Å². The molecule has 0 bridgehead atoms. The van der Waals surface area contributed by atoms with Crippen molar-refractivity contribution in [3.63, 3.8) is 0 Å². The van der Waals surface area contributed by atoms with Crippen LogP contribution in [0.3, 0.4) is 0 Å². The zero-order valence-corrected chi connectivity index (χ0v) is 11.8. The third-order valence-corrected chi connectivity index (χ3v) is 3.73. The number of benzene rings is 1. The van der Waals surface area contributed by atoms with E-state index in [-0.39, 0.29) is 16.0 Å². The molecule has 1 aromatic carbocycles. The number of hydrogen-bond donors (Lipinski definition) is 1. The SMILES string of the molecule is Cc1cccc([N+](=O)[O-])c1NCC(C)(C)C(C)C. The summed E-state index contributed by atoms with van der Waals surface area (Å²) in [7, 11) is 0. The molecule has 0 aliphatic carbocycles. The van der Waals surface area contributed by atoms with E-state index >= 15 is 0 Å². The molecule has 0 fully saturated rings. The summed E-state index contributed by atoms with van der Waals surface area (Å²) in [5, 5.41) is 14.2. The molecule has 4 heteroatoms. The highest BCUT2D eigenvalue weighted by Crippen LogP contribution is 2.31. The monoisotopic (exact) mass is 250 g/mol. The minimum absolute atomic E-state index is 0.0934. The Labute approximate surface area is 109 Å². The summed E-state index contributed by atoms with van der Waals surface area (Å²) in [6.07, 6.45) is 0. The number of nitrogens with zero attached hydrogens (tertiary/aromatic N) is 1. The molecule has 0 heterocycles. The van der Waals surface area contributed by atoms with Gasteiger partial charge in [-0.15, -0.1) is 0 Å². The highest BCUT2D eigenvalue weighted by molar-refractivity contribution is 5.66. The molecule has 0 saturated heterocycles. The number of anilines is 1. The number of hydrogen-bond acceptors (Lipinski definition) is 3. The Morgan fingerprint density at radius 3 is 2.50 bits per heavy atom. The number of para-hydroxylation sites is 1. The number of aryl methyl sites for hydroxylation is 1. The van der Waals surface area contributed by atoms with E-state index in [1.807, 2.05) is 13.0 Å². The summed E-state index contributed by atoms with van der Waals surface area (Å²) >= 11 is 0. The van der Waals surface area contributed by atoms with Crippen LogP contribution in [0.15, 0.2) is 18.2 Å². The van der Waals surface area contributed by atoms with Gasteiger partial charge in [-0.25, -0.2) is 0 Å². The van der Waals surface area contributed by atoms with E-state index in [1.165, 1.54) is 6.07 Å². The van der Waals surface area contributed by atoms with E-state index in [2.05, 4.69) is 33.0 Å². The number of nitro groups is 1. The van der Waals surface area contributed by atoms with Crippen molar-refractivity contribution in [3.05, 3.63) is 33.9 Å². The van der Waals surface area contributed by atoms with Gasteiger partial charge in [-0.1, -0.05) is 39.8 Å². The van der Waals surface area contributed by atoms with Crippen LogP contribution < -0.4 is 5.32 Å². The molecule has 18 heavy (non-hydrogen) atoms. The van der Waals surface area contributed by atoms with Crippen molar-refractivity contribution in [1.82, 2.24) is 0 Å². The topological polar surface area (TPSA) is 55.2 Å². The van der Waals surface area contributed by atoms with Gasteiger partial charge in [0.2, 0.25) is 0 Å². The van der Waals surface area contributed by atoms with E-state index in [1.54, 1.807) is 6.07 Å². The molecule has 0 unspecified atom stereocenters.